The molecule has 1 aromatic rings. The van der Waals surface area contributed by atoms with E-state index in [1.54, 1.807) is 0 Å². The minimum atomic E-state index is 0.647. The van der Waals surface area contributed by atoms with E-state index >= 15 is 0 Å². The molecule has 2 atom stereocenters. The van der Waals surface area contributed by atoms with E-state index in [1.807, 2.05) is 6.20 Å². The fraction of sp³-hybridized carbons (Fsp3) is 0.824. The molecule has 0 amide bonds. The Morgan fingerprint density at radius 1 is 1.10 bits per heavy atom. The molecule has 2 saturated carbocycles. The predicted octanol–water partition coefficient (Wildman–Crippen LogP) is 4.45. The first kappa shape index (κ1) is 14.0. The number of aromatic nitrogens is 2. The summed E-state index contributed by atoms with van der Waals surface area (Å²) in [6, 6.07) is 0.647. The number of hydrogen-bond donors (Lipinski definition) is 1. The summed E-state index contributed by atoms with van der Waals surface area (Å²) in [5.41, 5.74) is 0. The van der Waals surface area contributed by atoms with Gasteiger partial charge in [0.05, 0.1) is 0 Å². The molecule has 3 nitrogen and oxygen atoms in total. The van der Waals surface area contributed by atoms with Gasteiger partial charge in [0.25, 0.3) is 0 Å². The average Bonchev–Trinajstić information content (AvgIpc) is 2.90. The molecule has 1 heterocycles. The van der Waals surface area contributed by atoms with Crippen molar-refractivity contribution < 1.29 is 0 Å². The Balaban J connectivity index is 1.60. The van der Waals surface area contributed by atoms with Gasteiger partial charge in [0.2, 0.25) is 5.95 Å². The van der Waals surface area contributed by atoms with Crippen molar-refractivity contribution in [2.45, 2.75) is 77.3 Å². The third-order valence-corrected chi connectivity index (χ3v) is 5.37. The van der Waals surface area contributed by atoms with E-state index in [-0.39, 0.29) is 0 Å². The maximum atomic E-state index is 4.55. The Kier molecular flexibility index (Phi) is 4.64. The van der Waals surface area contributed by atoms with Crippen molar-refractivity contribution in [3.63, 3.8) is 0 Å². The molecule has 1 aromatic heterocycles. The Morgan fingerprint density at radius 2 is 1.85 bits per heavy atom. The van der Waals surface area contributed by atoms with Crippen LogP contribution in [-0.4, -0.2) is 15.6 Å². The zero-order valence-corrected chi connectivity index (χ0v) is 12.9. The Hall–Kier alpha value is -0.990. The third kappa shape index (κ3) is 3.36. The van der Waals surface area contributed by atoms with Crippen LogP contribution in [0.15, 0.2) is 12.4 Å². The van der Waals surface area contributed by atoms with Crippen molar-refractivity contribution in [1.82, 2.24) is 9.55 Å². The van der Waals surface area contributed by atoms with Crippen molar-refractivity contribution in [1.29, 1.82) is 0 Å². The van der Waals surface area contributed by atoms with E-state index < -0.39 is 0 Å². The maximum Gasteiger partial charge on any atom is 0.202 e. The molecule has 2 fully saturated rings. The molecule has 0 saturated heterocycles. The topological polar surface area (TPSA) is 29.9 Å². The number of nitrogens with one attached hydrogen (secondary N) is 1. The summed E-state index contributed by atoms with van der Waals surface area (Å²) in [5.74, 6) is 2.81. The van der Waals surface area contributed by atoms with Gasteiger partial charge in [-0.1, -0.05) is 45.4 Å². The lowest BCUT2D eigenvalue weighted by Gasteiger charge is -2.30. The van der Waals surface area contributed by atoms with Crippen LogP contribution in [-0.2, 0) is 6.54 Å². The zero-order chi connectivity index (χ0) is 13.8. The fourth-order valence-electron chi connectivity index (χ4n) is 3.94. The summed E-state index contributed by atoms with van der Waals surface area (Å²) in [6.07, 6.45) is 16.5. The van der Waals surface area contributed by atoms with Crippen molar-refractivity contribution in [3.8, 4) is 0 Å². The lowest BCUT2D eigenvalue weighted by Crippen LogP contribution is -2.26. The Morgan fingerprint density at radius 3 is 2.65 bits per heavy atom. The van der Waals surface area contributed by atoms with Gasteiger partial charge in [-0.3, -0.25) is 0 Å². The van der Waals surface area contributed by atoms with Gasteiger partial charge in [0, 0.05) is 25.0 Å². The molecule has 3 rings (SSSR count). The smallest absolute Gasteiger partial charge is 0.202 e. The molecule has 2 aliphatic rings. The molecular weight excluding hydrogens is 246 g/mol. The molecule has 2 unspecified atom stereocenters. The highest BCUT2D eigenvalue weighted by atomic mass is 15.2. The molecular formula is C17H29N3. The number of nitrogens with zero attached hydrogens (tertiary/aromatic N) is 2. The molecule has 112 valence electrons. The van der Waals surface area contributed by atoms with Crippen LogP contribution in [0, 0.1) is 11.8 Å². The normalized spacial score (nSPS) is 28.4. The van der Waals surface area contributed by atoms with Gasteiger partial charge < -0.3 is 9.88 Å². The molecule has 0 bridgehead atoms. The van der Waals surface area contributed by atoms with Gasteiger partial charge in [0.1, 0.15) is 0 Å². The lowest BCUT2D eigenvalue weighted by molar-refractivity contribution is 0.229. The summed E-state index contributed by atoms with van der Waals surface area (Å²) >= 11 is 0. The molecule has 0 aliphatic heterocycles. The summed E-state index contributed by atoms with van der Waals surface area (Å²) in [4.78, 5) is 4.55. The summed E-state index contributed by atoms with van der Waals surface area (Å²) in [5, 5.41) is 3.69. The van der Waals surface area contributed by atoms with Gasteiger partial charge in [-0.25, -0.2) is 4.98 Å². The van der Waals surface area contributed by atoms with E-state index in [9.17, 15) is 0 Å². The second kappa shape index (κ2) is 6.64. The van der Waals surface area contributed by atoms with E-state index in [4.69, 9.17) is 0 Å². The number of hydrogen-bond acceptors (Lipinski definition) is 2. The third-order valence-electron chi connectivity index (χ3n) is 5.37. The van der Waals surface area contributed by atoms with Gasteiger partial charge in [-0.2, -0.15) is 0 Å². The molecule has 1 N–H and O–H groups in total. The van der Waals surface area contributed by atoms with Crippen molar-refractivity contribution >= 4 is 5.95 Å². The Labute approximate surface area is 123 Å². The zero-order valence-electron chi connectivity index (χ0n) is 12.9. The van der Waals surface area contributed by atoms with Gasteiger partial charge in [-0.15, -0.1) is 0 Å². The fourth-order valence-corrected chi connectivity index (χ4v) is 3.94. The van der Waals surface area contributed by atoms with Crippen molar-refractivity contribution in [2.75, 3.05) is 5.32 Å². The Bertz CT molecular complexity index is 406. The monoisotopic (exact) mass is 275 g/mol. The minimum Gasteiger partial charge on any atom is -0.353 e. The second-order valence-corrected chi connectivity index (χ2v) is 6.90. The molecule has 0 spiro atoms. The SMILES string of the molecule is CC1CCCCC1Cn1ccnc1NC1CCCCC1. The van der Waals surface area contributed by atoms with Crippen molar-refractivity contribution in [2.24, 2.45) is 11.8 Å². The van der Waals surface area contributed by atoms with E-state index in [2.05, 4.69) is 28.0 Å². The highest BCUT2D eigenvalue weighted by Gasteiger charge is 2.23. The van der Waals surface area contributed by atoms with E-state index in [1.165, 1.54) is 57.8 Å². The highest BCUT2D eigenvalue weighted by Crippen LogP contribution is 2.31. The van der Waals surface area contributed by atoms with Crippen LogP contribution < -0.4 is 5.32 Å². The first-order chi connectivity index (χ1) is 9.83. The van der Waals surface area contributed by atoms with Gasteiger partial charge >= 0.3 is 0 Å². The van der Waals surface area contributed by atoms with Crippen LogP contribution in [0.4, 0.5) is 5.95 Å². The summed E-state index contributed by atoms with van der Waals surface area (Å²) < 4.78 is 2.36. The van der Waals surface area contributed by atoms with Crippen LogP contribution in [0.5, 0.6) is 0 Å². The largest absolute Gasteiger partial charge is 0.353 e. The maximum absolute atomic E-state index is 4.55. The standard InChI is InChI=1S/C17H29N3/c1-14-7-5-6-8-15(14)13-20-12-11-18-17(20)19-16-9-3-2-4-10-16/h11-12,14-16H,2-10,13H2,1H3,(H,18,19). The van der Waals surface area contributed by atoms with E-state index in [0.29, 0.717) is 6.04 Å². The second-order valence-electron chi connectivity index (χ2n) is 6.90. The first-order valence-corrected chi connectivity index (χ1v) is 8.60. The highest BCUT2D eigenvalue weighted by molar-refractivity contribution is 5.27. The van der Waals surface area contributed by atoms with Crippen LogP contribution >= 0.6 is 0 Å². The molecule has 3 heteroatoms. The molecule has 20 heavy (non-hydrogen) atoms. The molecule has 0 aromatic carbocycles. The number of rotatable bonds is 4. The summed E-state index contributed by atoms with van der Waals surface area (Å²) in [6.45, 7) is 3.57. The molecule has 2 aliphatic carbocycles. The number of imidazole rings is 1. The van der Waals surface area contributed by atoms with Crippen molar-refractivity contribution in [3.05, 3.63) is 12.4 Å². The van der Waals surface area contributed by atoms with Gasteiger partial charge in [0.15, 0.2) is 0 Å². The quantitative estimate of drug-likeness (QED) is 0.879. The molecule has 0 radical (unpaired) electrons. The van der Waals surface area contributed by atoms with Crippen LogP contribution in [0.25, 0.3) is 0 Å². The van der Waals surface area contributed by atoms with Crippen LogP contribution in [0.2, 0.25) is 0 Å². The van der Waals surface area contributed by atoms with Crippen LogP contribution in [0.1, 0.15) is 64.7 Å². The van der Waals surface area contributed by atoms with Crippen LogP contribution in [0.3, 0.4) is 0 Å². The minimum absolute atomic E-state index is 0.647. The predicted molar refractivity (Wildman–Crippen MR) is 83.8 cm³/mol. The average molecular weight is 275 g/mol. The van der Waals surface area contributed by atoms with Gasteiger partial charge in [-0.05, 0) is 31.1 Å². The number of anilines is 1. The van der Waals surface area contributed by atoms with E-state index in [0.717, 1.165) is 24.3 Å². The lowest BCUT2D eigenvalue weighted by atomic mass is 9.80. The first-order valence-electron chi connectivity index (χ1n) is 8.60. The summed E-state index contributed by atoms with van der Waals surface area (Å²) in [7, 11) is 0.